The van der Waals surface area contributed by atoms with Crippen molar-refractivity contribution in [3.63, 3.8) is 0 Å². The molecular weight excluding hydrogens is 532 g/mol. The van der Waals surface area contributed by atoms with Gasteiger partial charge in [0.2, 0.25) is 33.4 Å². The average molecular weight is 548 g/mol. The summed E-state index contributed by atoms with van der Waals surface area (Å²) in [4.78, 5) is 4.44. The first-order valence-corrected chi connectivity index (χ1v) is 12.5. The number of oxazole rings is 1. The highest BCUT2D eigenvalue weighted by molar-refractivity contribution is 9.10. The normalized spacial score (nSPS) is 12.7. The zero-order chi connectivity index (χ0) is 23.0. The van der Waals surface area contributed by atoms with Gasteiger partial charge in [-0.2, -0.15) is 4.98 Å². The van der Waals surface area contributed by atoms with E-state index in [0.717, 1.165) is 10.0 Å². The molecule has 168 valence electrons. The molecule has 0 unspecified atom stereocenters. The van der Waals surface area contributed by atoms with Crippen LogP contribution in [0.3, 0.4) is 0 Å². The summed E-state index contributed by atoms with van der Waals surface area (Å²) in [7, 11) is -3.95. The van der Waals surface area contributed by atoms with Crippen LogP contribution in [0.1, 0.15) is 5.56 Å². The van der Waals surface area contributed by atoms with Crippen LogP contribution in [0.5, 0.6) is 11.5 Å². The molecule has 0 spiro atoms. The van der Waals surface area contributed by atoms with Crippen molar-refractivity contribution >= 4 is 43.3 Å². The van der Waals surface area contributed by atoms with E-state index in [4.69, 9.17) is 25.5 Å². The van der Waals surface area contributed by atoms with E-state index >= 15 is 0 Å². The summed E-state index contributed by atoms with van der Waals surface area (Å²) in [6.45, 7) is 0.461. The van der Waals surface area contributed by atoms with Crippen molar-refractivity contribution in [2.75, 3.05) is 12.1 Å². The van der Waals surface area contributed by atoms with Gasteiger partial charge in [-0.15, -0.1) is 0 Å². The second-order valence-corrected chi connectivity index (χ2v) is 10.4. The van der Waals surface area contributed by atoms with Crippen LogP contribution in [0.15, 0.2) is 85.5 Å². The lowest BCUT2D eigenvalue weighted by molar-refractivity contribution is 0.174. The molecule has 10 heteroatoms. The number of ether oxygens (including phenoxy) is 2. The molecule has 0 saturated heterocycles. The molecule has 1 aliphatic rings. The molecular formula is C23H16BrClN2O5S. The number of sulfone groups is 1. The Hall–Kier alpha value is -3.01. The fourth-order valence-corrected chi connectivity index (χ4v) is 4.94. The molecule has 0 bridgehead atoms. The summed E-state index contributed by atoms with van der Waals surface area (Å²) in [5, 5.41) is 3.42. The summed E-state index contributed by atoms with van der Waals surface area (Å²) in [6.07, 6.45) is 0. The molecule has 1 aromatic heterocycles. The second-order valence-electron chi connectivity index (χ2n) is 7.16. The molecule has 1 N–H and O–H groups in total. The lowest BCUT2D eigenvalue weighted by Crippen LogP contribution is -2.07. The lowest BCUT2D eigenvalue weighted by Gasteiger charge is -2.07. The Balaban J connectivity index is 1.52. The third-order valence-corrected chi connectivity index (χ3v) is 7.41. The Morgan fingerprint density at radius 2 is 1.70 bits per heavy atom. The number of halogens is 2. The van der Waals surface area contributed by atoms with Gasteiger partial charge in [0.1, 0.15) is 0 Å². The van der Waals surface area contributed by atoms with E-state index in [0.29, 0.717) is 22.1 Å². The number of hydrogen-bond acceptors (Lipinski definition) is 7. The molecule has 2 heterocycles. The first-order chi connectivity index (χ1) is 15.9. The third kappa shape index (κ3) is 4.44. The van der Waals surface area contributed by atoms with Gasteiger partial charge in [0, 0.05) is 21.6 Å². The van der Waals surface area contributed by atoms with E-state index in [-0.39, 0.29) is 35.0 Å². The molecule has 0 amide bonds. The molecule has 33 heavy (non-hydrogen) atoms. The van der Waals surface area contributed by atoms with Gasteiger partial charge in [-0.05, 0) is 66.2 Å². The molecule has 7 nitrogen and oxygen atoms in total. The smallest absolute Gasteiger partial charge is 0.234 e. The molecule has 0 atom stereocenters. The van der Waals surface area contributed by atoms with Gasteiger partial charge in [0.05, 0.1) is 4.90 Å². The van der Waals surface area contributed by atoms with Gasteiger partial charge in [-0.25, -0.2) is 8.42 Å². The quantitative estimate of drug-likeness (QED) is 0.320. The van der Waals surface area contributed by atoms with Gasteiger partial charge in [0.25, 0.3) is 0 Å². The van der Waals surface area contributed by atoms with Crippen LogP contribution in [0, 0.1) is 0 Å². The van der Waals surface area contributed by atoms with Gasteiger partial charge in [-0.3, -0.25) is 0 Å². The number of nitrogens with zero attached hydrogens (tertiary/aromatic N) is 1. The zero-order valence-electron chi connectivity index (χ0n) is 16.9. The number of benzene rings is 3. The van der Waals surface area contributed by atoms with Crippen molar-refractivity contribution in [1.29, 1.82) is 0 Å². The molecule has 3 aromatic carbocycles. The topological polar surface area (TPSA) is 90.7 Å². The van der Waals surface area contributed by atoms with Crippen molar-refractivity contribution < 1.29 is 22.3 Å². The summed E-state index contributed by atoms with van der Waals surface area (Å²) in [5.74, 6) is 1.51. The van der Waals surface area contributed by atoms with Crippen LogP contribution < -0.4 is 14.8 Å². The Labute approximate surface area is 203 Å². The van der Waals surface area contributed by atoms with Crippen LogP contribution in [-0.2, 0) is 16.4 Å². The molecule has 0 fully saturated rings. The third-order valence-electron chi connectivity index (χ3n) is 4.96. The largest absolute Gasteiger partial charge is 0.454 e. The van der Waals surface area contributed by atoms with Crippen molar-refractivity contribution in [1.82, 2.24) is 4.98 Å². The number of anilines is 1. The number of rotatable bonds is 6. The van der Waals surface area contributed by atoms with Crippen molar-refractivity contribution in [3.8, 4) is 23.0 Å². The van der Waals surface area contributed by atoms with Crippen molar-refractivity contribution in [2.24, 2.45) is 0 Å². The van der Waals surface area contributed by atoms with Gasteiger partial charge in [-0.1, -0.05) is 33.6 Å². The standard InChI is InChI=1S/C23H16BrClN2O5S/c24-16-4-8-18(9-5-16)33(28,29)23-22(32-21(27-23)15-2-6-17(25)7-3-15)26-12-14-1-10-19-20(11-14)31-13-30-19/h1-11,26H,12-13H2. The van der Waals surface area contributed by atoms with E-state index < -0.39 is 9.84 Å². The molecule has 4 aromatic rings. The van der Waals surface area contributed by atoms with E-state index in [2.05, 4.69) is 26.2 Å². The highest BCUT2D eigenvalue weighted by Gasteiger charge is 2.28. The number of aromatic nitrogens is 1. The number of fused-ring (bicyclic) bond motifs is 1. The fourth-order valence-electron chi connectivity index (χ4n) is 3.27. The summed E-state index contributed by atoms with van der Waals surface area (Å²) >= 11 is 9.30. The minimum Gasteiger partial charge on any atom is -0.454 e. The van der Waals surface area contributed by atoms with Gasteiger partial charge in [0.15, 0.2) is 11.5 Å². The molecule has 1 aliphatic heterocycles. The Kier molecular flexibility index (Phi) is 5.77. The monoisotopic (exact) mass is 546 g/mol. The maximum absolute atomic E-state index is 13.4. The highest BCUT2D eigenvalue weighted by Crippen LogP contribution is 2.35. The number of nitrogens with one attached hydrogen (secondary N) is 1. The molecule has 0 aliphatic carbocycles. The van der Waals surface area contributed by atoms with Crippen LogP contribution >= 0.6 is 27.5 Å². The Morgan fingerprint density at radius 3 is 2.45 bits per heavy atom. The average Bonchev–Trinajstić information content (AvgIpc) is 3.45. The van der Waals surface area contributed by atoms with E-state index in [1.807, 2.05) is 12.1 Å². The first-order valence-electron chi connectivity index (χ1n) is 9.80. The van der Waals surface area contributed by atoms with Crippen molar-refractivity contribution in [2.45, 2.75) is 16.5 Å². The van der Waals surface area contributed by atoms with Crippen LogP contribution in [0.4, 0.5) is 5.88 Å². The number of hydrogen-bond donors (Lipinski definition) is 1. The SMILES string of the molecule is O=S(=O)(c1ccc(Br)cc1)c1nc(-c2ccc(Cl)cc2)oc1NCc1ccc2c(c1)OCO2. The molecule has 5 rings (SSSR count). The second kappa shape index (κ2) is 8.74. The lowest BCUT2D eigenvalue weighted by atomic mass is 10.2. The minimum absolute atomic E-state index is 0.0422. The fraction of sp³-hybridized carbons (Fsp3) is 0.0870. The Bertz CT molecular complexity index is 1420. The maximum Gasteiger partial charge on any atom is 0.234 e. The van der Waals surface area contributed by atoms with Crippen LogP contribution in [0.25, 0.3) is 11.5 Å². The van der Waals surface area contributed by atoms with Gasteiger partial charge < -0.3 is 19.2 Å². The highest BCUT2D eigenvalue weighted by atomic mass is 79.9. The minimum atomic E-state index is -3.95. The maximum atomic E-state index is 13.4. The predicted molar refractivity (Wildman–Crippen MR) is 126 cm³/mol. The van der Waals surface area contributed by atoms with Crippen LogP contribution in [-0.4, -0.2) is 20.2 Å². The summed E-state index contributed by atoms with van der Waals surface area (Å²) in [6, 6.07) is 18.6. The Morgan fingerprint density at radius 1 is 0.970 bits per heavy atom. The van der Waals surface area contributed by atoms with Crippen molar-refractivity contribution in [3.05, 3.63) is 81.8 Å². The zero-order valence-corrected chi connectivity index (χ0v) is 20.1. The van der Waals surface area contributed by atoms with E-state index in [1.165, 1.54) is 12.1 Å². The first kappa shape index (κ1) is 21.8. The van der Waals surface area contributed by atoms with Gasteiger partial charge >= 0.3 is 0 Å². The van der Waals surface area contributed by atoms with E-state index in [1.54, 1.807) is 42.5 Å². The summed E-state index contributed by atoms with van der Waals surface area (Å²) in [5.41, 5.74) is 1.46. The predicted octanol–water partition coefficient (Wildman–Crippen LogP) is 5.93. The van der Waals surface area contributed by atoms with E-state index in [9.17, 15) is 8.42 Å². The molecule has 0 radical (unpaired) electrons. The van der Waals surface area contributed by atoms with Crippen LogP contribution in [0.2, 0.25) is 5.02 Å². The summed E-state index contributed by atoms with van der Waals surface area (Å²) < 4.78 is 44.2. The molecule has 0 saturated carbocycles.